The molecule has 2 N–H and O–H groups in total. The van der Waals surface area contributed by atoms with Crippen LogP contribution in [-0.2, 0) is 16.6 Å². The molecule has 1 aliphatic heterocycles. The Morgan fingerprint density at radius 3 is 2.50 bits per heavy atom. The van der Waals surface area contributed by atoms with Gasteiger partial charge in [-0.25, -0.2) is 17.7 Å². The fraction of sp³-hybridized carbons (Fsp3) is 0.667. The number of sulfonamides is 1. The van der Waals surface area contributed by atoms with Gasteiger partial charge in [0.25, 0.3) is 0 Å². The summed E-state index contributed by atoms with van der Waals surface area (Å²) in [5, 5.41) is 6.70. The Kier molecular flexibility index (Phi) is 11.4. The highest BCUT2D eigenvalue weighted by Gasteiger charge is 2.24. The van der Waals surface area contributed by atoms with Crippen LogP contribution in [0.3, 0.4) is 0 Å². The van der Waals surface area contributed by atoms with Crippen molar-refractivity contribution >= 4 is 40.0 Å². The van der Waals surface area contributed by atoms with Crippen LogP contribution in [-0.4, -0.2) is 57.2 Å². The molecule has 1 aliphatic rings. The number of ether oxygens (including phenoxy) is 1. The topological polar surface area (TPSA) is 83.0 Å². The number of aliphatic imine (C=N–C) groups is 1. The molecule has 1 saturated heterocycles. The minimum atomic E-state index is -3.08. The van der Waals surface area contributed by atoms with Crippen LogP contribution in [0.4, 0.5) is 0 Å². The summed E-state index contributed by atoms with van der Waals surface area (Å²) in [6, 6.07) is 6.20. The van der Waals surface area contributed by atoms with Gasteiger partial charge in [0.2, 0.25) is 10.0 Å². The zero-order valence-electron chi connectivity index (χ0n) is 18.8. The van der Waals surface area contributed by atoms with E-state index in [4.69, 9.17) is 9.73 Å². The minimum Gasteiger partial charge on any atom is -0.491 e. The fourth-order valence-corrected chi connectivity index (χ4v) is 4.22. The van der Waals surface area contributed by atoms with Crippen LogP contribution in [0.5, 0.6) is 5.75 Å². The summed E-state index contributed by atoms with van der Waals surface area (Å²) in [6.45, 7) is 11.4. The van der Waals surface area contributed by atoms with E-state index in [-0.39, 0.29) is 30.1 Å². The molecule has 1 fully saturated rings. The molecule has 0 atom stereocenters. The zero-order chi connectivity index (χ0) is 21.4. The van der Waals surface area contributed by atoms with Crippen molar-refractivity contribution in [3.8, 4) is 5.75 Å². The van der Waals surface area contributed by atoms with E-state index in [1.54, 1.807) is 4.31 Å². The number of rotatable bonds is 8. The van der Waals surface area contributed by atoms with E-state index in [1.165, 1.54) is 11.8 Å². The Morgan fingerprint density at radius 1 is 1.27 bits per heavy atom. The first-order valence-electron chi connectivity index (χ1n) is 10.4. The Hall–Kier alpha value is -1.07. The number of nitrogens with zero attached hydrogens (tertiary/aromatic N) is 2. The molecule has 0 amide bonds. The van der Waals surface area contributed by atoms with Crippen LogP contribution in [0.25, 0.3) is 0 Å². The molecule has 30 heavy (non-hydrogen) atoms. The number of hydrogen-bond donors (Lipinski definition) is 2. The summed E-state index contributed by atoms with van der Waals surface area (Å²) in [4.78, 5) is 4.73. The molecule has 1 aromatic carbocycles. The quantitative estimate of drug-likeness (QED) is 0.294. The van der Waals surface area contributed by atoms with E-state index in [0.717, 1.165) is 43.2 Å². The summed E-state index contributed by atoms with van der Waals surface area (Å²) in [6.07, 6.45) is 3.13. The summed E-state index contributed by atoms with van der Waals surface area (Å²) >= 11 is 0. The van der Waals surface area contributed by atoms with Crippen molar-refractivity contribution in [3.63, 3.8) is 0 Å². The number of aryl methyl sites for hydroxylation is 1. The normalized spacial score (nSPS) is 16.3. The van der Waals surface area contributed by atoms with Gasteiger partial charge >= 0.3 is 0 Å². The molecule has 9 heteroatoms. The van der Waals surface area contributed by atoms with Gasteiger partial charge in [0.15, 0.2) is 5.96 Å². The average molecular weight is 553 g/mol. The predicted octanol–water partition coefficient (Wildman–Crippen LogP) is 3.13. The van der Waals surface area contributed by atoms with Crippen LogP contribution < -0.4 is 15.4 Å². The molecule has 7 nitrogen and oxygen atoms in total. The summed E-state index contributed by atoms with van der Waals surface area (Å²) in [5.41, 5.74) is 2.22. The van der Waals surface area contributed by atoms with E-state index in [2.05, 4.69) is 35.8 Å². The Morgan fingerprint density at radius 2 is 1.93 bits per heavy atom. The third kappa shape index (κ3) is 8.97. The third-order valence-electron chi connectivity index (χ3n) is 4.94. The van der Waals surface area contributed by atoms with Gasteiger partial charge < -0.3 is 15.4 Å². The number of hydrogen-bond acceptors (Lipinski definition) is 4. The molecule has 172 valence electrons. The second kappa shape index (κ2) is 12.7. The third-order valence-corrected chi connectivity index (χ3v) is 6.24. The van der Waals surface area contributed by atoms with Gasteiger partial charge in [-0.15, -0.1) is 24.0 Å². The fourth-order valence-electron chi connectivity index (χ4n) is 3.35. The SMILES string of the molecule is CCNC(=NCc1ccc(C)cc1OC(C)C)NCC1CCN(S(C)(=O)=O)CC1.I. The molecule has 1 heterocycles. The zero-order valence-corrected chi connectivity index (χ0v) is 21.9. The smallest absolute Gasteiger partial charge is 0.211 e. The highest BCUT2D eigenvalue weighted by Crippen LogP contribution is 2.22. The highest BCUT2D eigenvalue weighted by molar-refractivity contribution is 14.0. The lowest BCUT2D eigenvalue weighted by atomic mass is 9.98. The van der Waals surface area contributed by atoms with Crippen molar-refractivity contribution in [1.29, 1.82) is 0 Å². The standard InChI is InChI=1S/C21H36N4O3S.HI/c1-6-22-21(23-14-18-9-11-25(12-10-18)29(5,26)27)24-15-19-8-7-17(4)13-20(19)28-16(2)3;/h7-8,13,16,18H,6,9-12,14-15H2,1-5H3,(H2,22,23,24);1H. The number of guanidine groups is 1. The maximum absolute atomic E-state index is 11.7. The Bertz CT molecular complexity index is 791. The van der Waals surface area contributed by atoms with Crippen LogP contribution in [0.15, 0.2) is 23.2 Å². The van der Waals surface area contributed by atoms with Gasteiger partial charge in [0.05, 0.1) is 18.9 Å². The van der Waals surface area contributed by atoms with Gasteiger partial charge in [-0.1, -0.05) is 12.1 Å². The predicted molar refractivity (Wildman–Crippen MR) is 134 cm³/mol. The second-order valence-electron chi connectivity index (χ2n) is 7.96. The molecule has 1 aromatic rings. The average Bonchev–Trinajstić information content (AvgIpc) is 2.64. The number of piperidine rings is 1. The second-order valence-corrected chi connectivity index (χ2v) is 9.94. The molecule has 0 unspecified atom stereocenters. The van der Waals surface area contributed by atoms with Gasteiger partial charge in [-0.05, 0) is 58.1 Å². The molecule has 0 bridgehead atoms. The van der Waals surface area contributed by atoms with E-state index in [0.29, 0.717) is 25.6 Å². The maximum Gasteiger partial charge on any atom is 0.211 e. The van der Waals surface area contributed by atoms with Gasteiger partial charge in [-0.3, -0.25) is 0 Å². The van der Waals surface area contributed by atoms with Crippen molar-refractivity contribution in [3.05, 3.63) is 29.3 Å². The van der Waals surface area contributed by atoms with E-state index >= 15 is 0 Å². The van der Waals surface area contributed by atoms with Crippen LogP contribution >= 0.6 is 24.0 Å². The molecule has 0 saturated carbocycles. The number of nitrogens with one attached hydrogen (secondary N) is 2. The Labute approximate surface area is 199 Å². The first-order valence-corrected chi connectivity index (χ1v) is 12.3. The van der Waals surface area contributed by atoms with Crippen molar-refractivity contribution < 1.29 is 13.2 Å². The van der Waals surface area contributed by atoms with Gasteiger partial charge in [-0.2, -0.15) is 0 Å². The number of halogens is 1. The van der Waals surface area contributed by atoms with E-state index < -0.39 is 10.0 Å². The Balaban J connectivity index is 0.00000450. The molecular weight excluding hydrogens is 515 g/mol. The van der Waals surface area contributed by atoms with Crippen molar-refractivity contribution in [2.24, 2.45) is 10.9 Å². The van der Waals surface area contributed by atoms with Crippen molar-refractivity contribution in [1.82, 2.24) is 14.9 Å². The monoisotopic (exact) mass is 552 g/mol. The van der Waals surface area contributed by atoms with Crippen LogP contribution in [0.2, 0.25) is 0 Å². The van der Waals surface area contributed by atoms with Crippen LogP contribution in [0.1, 0.15) is 44.7 Å². The lowest BCUT2D eigenvalue weighted by molar-refractivity contribution is 0.240. The van der Waals surface area contributed by atoms with Crippen LogP contribution in [0, 0.1) is 12.8 Å². The number of benzene rings is 1. The molecular formula is C21H37IN4O3S. The van der Waals surface area contributed by atoms with E-state index in [1.807, 2.05) is 20.8 Å². The van der Waals surface area contributed by atoms with Crippen molar-refractivity contribution in [2.45, 2.75) is 53.2 Å². The summed E-state index contributed by atoms with van der Waals surface area (Å²) in [7, 11) is -3.08. The lowest BCUT2D eigenvalue weighted by Gasteiger charge is -2.30. The molecule has 0 spiro atoms. The van der Waals surface area contributed by atoms with E-state index in [9.17, 15) is 8.42 Å². The van der Waals surface area contributed by atoms with Gasteiger partial charge in [0, 0.05) is 31.7 Å². The lowest BCUT2D eigenvalue weighted by Crippen LogP contribution is -2.44. The largest absolute Gasteiger partial charge is 0.491 e. The molecule has 2 rings (SSSR count). The molecule has 0 aromatic heterocycles. The molecule has 0 radical (unpaired) electrons. The first-order chi connectivity index (χ1) is 13.7. The highest BCUT2D eigenvalue weighted by atomic mass is 127. The minimum absolute atomic E-state index is 0. The van der Waals surface area contributed by atoms with Gasteiger partial charge in [0.1, 0.15) is 5.75 Å². The maximum atomic E-state index is 11.7. The first kappa shape index (κ1) is 27.0. The summed E-state index contributed by atoms with van der Waals surface area (Å²) in [5.74, 6) is 2.10. The van der Waals surface area contributed by atoms with Crippen molar-refractivity contribution in [2.75, 3.05) is 32.4 Å². The summed E-state index contributed by atoms with van der Waals surface area (Å²) < 4.78 is 30.8. The molecule has 0 aliphatic carbocycles.